The van der Waals surface area contributed by atoms with Gasteiger partial charge in [0.1, 0.15) is 0 Å². The zero-order valence-corrected chi connectivity index (χ0v) is 11.9. The Kier molecular flexibility index (Phi) is 3.49. The van der Waals surface area contributed by atoms with E-state index >= 15 is 0 Å². The lowest BCUT2D eigenvalue weighted by atomic mass is 10.1. The minimum atomic E-state index is -3.40. The summed E-state index contributed by atoms with van der Waals surface area (Å²) in [6.45, 7) is 4.43. The van der Waals surface area contributed by atoms with Crippen LogP contribution in [0, 0.1) is 6.92 Å². The van der Waals surface area contributed by atoms with Gasteiger partial charge in [-0.1, -0.05) is 12.1 Å². The summed E-state index contributed by atoms with van der Waals surface area (Å²) in [6.07, 6.45) is 1.84. The summed E-state index contributed by atoms with van der Waals surface area (Å²) in [6, 6.07) is 5.56. The molecule has 1 saturated carbocycles. The Balaban J connectivity index is 2.33. The van der Waals surface area contributed by atoms with E-state index in [0.29, 0.717) is 11.4 Å². The third kappa shape index (κ3) is 2.91. The Morgan fingerprint density at radius 2 is 2.00 bits per heavy atom. The smallest absolute Gasteiger partial charge is 0.241 e. The molecule has 2 rings (SSSR count). The van der Waals surface area contributed by atoms with Crippen molar-refractivity contribution in [2.75, 3.05) is 7.05 Å². The fraction of sp³-hybridized carbons (Fsp3) is 0.538. The number of hydrogen-bond donors (Lipinski definition) is 2. The second kappa shape index (κ2) is 4.64. The number of rotatable bonds is 5. The highest BCUT2D eigenvalue weighted by molar-refractivity contribution is 7.89. The van der Waals surface area contributed by atoms with Crippen molar-refractivity contribution in [1.82, 2.24) is 10.0 Å². The lowest BCUT2D eigenvalue weighted by Gasteiger charge is -2.15. The van der Waals surface area contributed by atoms with E-state index in [1.807, 2.05) is 33.0 Å². The fourth-order valence-corrected chi connectivity index (χ4v) is 3.68. The number of nitrogens with one attached hydrogen (secondary N) is 2. The molecule has 1 aromatic rings. The number of benzene rings is 1. The highest BCUT2D eigenvalue weighted by Crippen LogP contribution is 2.36. The van der Waals surface area contributed by atoms with Crippen LogP contribution in [0.2, 0.25) is 0 Å². The molecule has 4 nitrogen and oxygen atoms in total. The summed E-state index contributed by atoms with van der Waals surface area (Å²) in [5.41, 5.74) is 1.53. The van der Waals surface area contributed by atoms with E-state index in [1.165, 1.54) is 0 Å². The second-order valence-electron chi connectivity index (χ2n) is 5.30. The second-order valence-corrected chi connectivity index (χ2v) is 6.95. The van der Waals surface area contributed by atoms with E-state index in [0.717, 1.165) is 24.0 Å². The fourth-order valence-electron chi connectivity index (χ4n) is 1.92. The standard InChI is InChI=1S/C13H20N2O2S/c1-10-4-5-11(9-14-3)8-12(10)18(16,17)15-13(2)6-7-13/h4-5,8,14-15H,6-7,9H2,1-3H3. The van der Waals surface area contributed by atoms with Crippen LogP contribution in [0.3, 0.4) is 0 Å². The maximum Gasteiger partial charge on any atom is 0.241 e. The largest absolute Gasteiger partial charge is 0.316 e. The summed E-state index contributed by atoms with van der Waals surface area (Å²) < 4.78 is 27.5. The molecule has 1 aliphatic rings. The van der Waals surface area contributed by atoms with E-state index in [2.05, 4.69) is 10.0 Å². The van der Waals surface area contributed by atoms with E-state index in [4.69, 9.17) is 0 Å². The lowest BCUT2D eigenvalue weighted by Crippen LogP contribution is -2.34. The normalized spacial score (nSPS) is 17.7. The molecule has 0 spiro atoms. The van der Waals surface area contributed by atoms with Crippen molar-refractivity contribution in [1.29, 1.82) is 0 Å². The van der Waals surface area contributed by atoms with Crippen LogP contribution in [0.4, 0.5) is 0 Å². The average Bonchev–Trinajstić information content (AvgIpc) is 2.98. The van der Waals surface area contributed by atoms with E-state index in [1.54, 1.807) is 6.07 Å². The predicted octanol–water partition coefficient (Wildman–Crippen LogP) is 1.55. The van der Waals surface area contributed by atoms with Crippen LogP contribution in [-0.2, 0) is 16.6 Å². The van der Waals surface area contributed by atoms with Gasteiger partial charge in [-0.3, -0.25) is 0 Å². The first-order valence-corrected chi connectivity index (χ1v) is 7.63. The molecule has 1 aliphatic carbocycles. The molecule has 0 aliphatic heterocycles. The minimum Gasteiger partial charge on any atom is -0.316 e. The summed E-state index contributed by atoms with van der Waals surface area (Å²) in [5.74, 6) is 0. The van der Waals surface area contributed by atoms with E-state index in [-0.39, 0.29) is 5.54 Å². The monoisotopic (exact) mass is 268 g/mol. The van der Waals surface area contributed by atoms with Crippen molar-refractivity contribution < 1.29 is 8.42 Å². The van der Waals surface area contributed by atoms with Gasteiger partial charge in [-0.05, 0) is 50.9 Å². The SMILES string of the molecule is CNCc1ccc(C)c(S(=O)(=O)NC2(C)CC2)c1. The van der Waals surface area contributed by atoms with Crippen LogP contribution in [0.1, 0.15) is 30.9 Å². The molecule has 0 radical (unpaired) electrons. The van der Waals surface area contributed by atoms with Crippen LogP contribution in [0.15, 0.2) is 23.1 Å². The molecule has 0 amide bonds. The molecule has 2 N–H and O–H groups in total. The van der Waals surface area contributed by atoms with Gasteiger partial charge in [-0.25, -0.2) is 13.1 Å². The van der Waals surface area contributed by atoms with Crippen molar-refractivity contribution in [3.8, 4) is 0 Å². The Bertz CT molecular complexity index is 548. The highest BCUT2D eigenvalue weighted by atomic mass is 32.2. The summed E-state index contributed by atoms with van der Waals surface area (Å²) in [5, 5.41) is 3.03. The molecule has 0 saturated heterocycles. The maximum absolute atomic E-state index is 12.3. The van der Waals surface area contributed by atoms with Gasteiger partial charge in [0.15, 0.2) is 0 Å². The highest BCUT2D eigenvalue weighted by Gasteiger charge is 2.41. The molecule has 1 aromatic carbocycles. The molecule has 0 bridgehead atoms. The quantitative estimate of drug-likeness (QED) is 0.852. The number of hydrogen-bond acceptors (Lipinski definition) is 3. The van der Waals surface area contributed by atoms with Crippen molar-refractivity contribution in [3.05, 3.63) is 29.3 Å². The summed E-state index contributed by atoms with van der Waals surface area (Å²) >= 11 is 0. The summed E-state index contributed by atoms with van der Waals surface area (Å²) in [7, 11) is -1.56. The molecular formula is C13H20N2O2S. The molecule has 0 unspecified atom stereocenters. The van der Waals surface area contributed by atoms with E-state index in [9.17, 15) is 8.42 Å². The third-order valence-corrected chi connectivity index (χ3v) is 5.08. The van der Waals surface area contributed by atoms with Gasteiger partial charge >= 0.3 is 0 Å². The van der Waals surface area contributed by atoms with Crippen LogP contribution < -0.4 is 10.0 Å². The molecule has 0 aromatic heterocycles. The maximum atomic E-state index is 12.3. The molecular weight excluding hydrogens is 248 g/mol. The van der Waals surface area contributed by atoms with Crippen molar-refractivity contribution >= 4 is 10.0 Å². The predicted molar refractivity (Wildman–Crippen MR) is 71.9 cm³/mol. The molecule has 0 atom stereocenters. The zero-order chi connectivity index (χ0) is 13.4. The Hall–Kier alpha value is -0.910. The minimum absolute atomic E-state index is 0.232. The van der Waals surface area contributed by atoms with Crippen LogP contribution in [0.5, 0.6) is 0 Å². The van der Waals surface area contributed by atoms with Crippen molar-refractivity contribution in [2.45, 2.75) is 43.7 Å². The van der Waals surface area contributed by atoms with Gasteiger partial charge in [-0.15, -0.1) is 0 Å². The molecule has 18 heavy (non-hydrogen) atoms. The van der Waals surface area contributed by atoms with Crippen LogP contribution >= 0.6 is 0 Å². The molecule has 0 heterocycles. The van der Waals surface area contributed by atoms with Crippen LogP contribution in [0.25, 0.3) is 0 Å². The molecule has 100 valence electrons. The summed E-state index contributed by atoms with van der Waals surface area (Å²) in [4.78, 5) is 0.392. The zero-order valence-electron chi connectivity index (χ0n) is 11.1. The lowest BCUT2D eigenvalue weighted by molar-refractivity contribution is 0.557. The van der Waals surface area contributed by atoms with E-state index < -0.39 is 10.0 Å². The van der Waals surface area contributed by atoms with Crippen molar-refractivity contribution in [3.63, 3.8) is 0 Å². The Morgan fingerprint density at radius 3 is 2.56 bits per heavy atom. The van der Waals surface area contributed by atoms with Gasteiger partial charge in [0.05, 0.1) is 4.90 Å². The number of sulfonamides is 1. The van der Waals surface area contributed by atoms with Gasteiger partial charge < -0.3 is 5.32 Å². The van der Waals surface area contributed by atoms with Gasteiger partial charge in [-0.2, -0.15) is 0 Å². The Labute approximate surface area is 109 Å². The van der Waals surface area contributed by atoms with Crippen LogP contribution in [-0.4, -0.2) is 21.0 Å². The first kappa shape index (κ1) is 13.5. The number of aryl methyl sites for hydroxylation is 1. The van der Waals surface area contributed by atoms with Gasteiger partial charge in [0.2, 0.25) is 10.0 Å². The topological polar surface area (TPSA) is 58.2 Å². The third-order valence-electron chi connectivity index (χ3n) is 3.30. The molecule has 1 fully saturated rings. The Morgan fingerprint density at radius 1 is 1.33 bits per heavy atom. The van der Waals surface area contributed by atoms with Gasteiger partial charge in [0, 0.05) is 12.1 Å². The first-order valence-electron chi connectivity index (χ1n) is 6.14. The average molecular weight is 268 g/mol. The molecule has 5 heteroatoms. The first-order chi connectivity index (χ1) is 8.36. The van der Waals surface area contributed by atoms with Crippen molar-refractivity contribution in [2.24, 2.45) is 0 Å². The van der Waals surface area contributed by atoms with Gasteiger partial charge in [0.25, 0.3) is 0 Å².